The summed E-state index contributed by atoms with van der Waals surface area (Å²) in [4.78, 5) is 17.0. The fraction of sp³-hybridized carbons (Fsp3) is 0.650. The van der Waals surface area contributed by atoms with Crippen molar-refractivity contribution in [3.63, 3.8) is 0 Å². The largest absolute Gasteiger partial charge is 0.373 e. The molecule has 2 aliphatic rings. The molecule has 1 aromatic rings. The normalized spacial score (nSPS) is 29.1. The molecule has 2 saturated carbocycles. The van der Waals surface area contributed by atoms with Crippen LogP contribution in [0.15, 0.2) is 30.3 Å². The number of hydrogen-bond donors (Lipinski definition) is 1. The maximum atomic E-state index is 12.9. The van der Waals surface area contributed by atoms with Gasteiger partial charge >= 0.3 is 0 Å². The second-order valence-corrected chi connectivity index (χ2v) is 7.71. The van der Waals surface area contributed by atoms with Crippen molar-refractivity contribution in [1.82, 2.24) is 4.90 Å². The van der Waals surface area contributed by atoms with Crippen molar-refractivity contribution in [1.29, 1.82) is 0 Å². The first kappa shape index (κ1) is 17.3. The number of nitrogens with zero attached hydrogens (tertiary/aromatic N) is 2. The van der Waals surface area contributed by atoms with E-state index in [1.54, 1.807) is 0 Å². The highest BCUT2D eigenvalue weighted by Crippen LogP contribution is 2.42. The van der Waals surface area contributed by atoms with Gasteiger partial charge in [0.1, 0.15) is 0 Å². The molecule has 2 bridgehead atoms. The van der Waals surface area contributed by atoms with Gasteiger partial charge in [0.05, 0.1) is 0 Å². The van der Waals surface area contributed by atoms with Gasteiger partial charge in [0.25, 0.3) is 0 Å². The number of para-hydroxylation sites is 1. The number of nitrogens with two attached hydrogens (primary N) is 1. The molecule has 0 radical (unpaired) electrons. The number of amides is 1. The molecule has 24 heavy (non-hydrogen) atoms. The van der Waals surface area contributed by atoms with Crippen molar-refractivity contribution in [3.05, 3.63) is 30.3 Å². The Balaban J connectivity index is 1.52. The van der Waals surface area contributed by atoms with E-state index in [9.17, 15) is 4.79 Å². The quantitative estimate of drug-likeness (QED) is 0.903. The summed E-state index contributed by atoms with van der Waals surface area (Å²) >= 11 is 0. The van der Waals surface area contributed by atoms with Crippen LogP contribution in [0.2, 0.25) is 0 Å². The van der Waals surface area contributed by atoms with Crippen LogP contribution in [0.25, 0.3) is 0 Å². The second-order valence-electron chi connectivity index (χ2n) is 7.71. The molecule has 132 valence electrons. The summed E-state index contributed by atoms with van der Waals surface area (Å²) in [5.41, 5.74) is 7.55. The van der Waals surface area contributed by atoms with Gasteiger partial charge in [-0.2, -0.15) is 0 Å². The summed E-state index contributed by atoms with van der Waals surface area (Å²) in [5.74, 6) is 1.63. The number of likely N-dealkylation sites (N-methyl/N-ethyl adjacent to an activating group) is 2. The van der Waals surface area contributed by atoms with Crippen LogP contribution in [0, 0.1) is 17.8 Å². The maximum Gasteiger partial charge on any atom is 0.225 e. The molecular formula is C20H31N3O. The molecule has 0 spiro atoms. The predicted octanol–water partition coefficient (Wildman–Crippen LogP) is 2.73. The molecule has 2 unspecified atom stereocenters. The number of carbonyl (C=O) groups excluding carboxylic acids is 1. The predicted molar refractivity (Wildman–Crippen MR) is 98.9 cm³/mol. The molecule has 2 fully saturated rings. The van der Waals surface area contributed by atoms with Crippen LogP contribution in [0.4, 0.5) is 5.69 Å². The van der Waals surface area contributed by atoms with Gasteiger partial charge in [0, 0.05) is 44.8 Å². The number of benzene rings is 1. The molecule has 3 rings (SSSR count). The third kappa shape index (κ3) is 3.75. The number of rotatable bonds is 5. The van der Waals surface area contributed by atoms with Gasteiger partial charge in [-0.15, -0.1) is 0 Å². The lowest BCUT2D eigenvalue weighted by molar-refractivity contribution is -0.137. The van der Waals surface area contributed by atoms with E-state index in [4.69, 9.17) is 5.73 Å². The standard InChI is InChI=1S/C20H31N3O/c1-22(18-9-4-3-5-10-18)11-12-23(2)20(24)17-13-15-7-6-8-16(14-17)19(15)21/h3-5,9-10,15-17,19H,6-8,11-14,21H2,1-2H3. The van der Waals surface area contributed by atoms with E-state index in [2.05, 4.69) is 24.1 Å². The molecule has 4 nitrogen and oxygen atoms in total. The SMILES string of the molecule is CN(CCN(C)c1ccccc1)C(=O)C1CC2CCCC(C1)C2N. The van der Waals surface area contributed by atoms with Gasteiger partial charge in [0.15, 0.2) is 0 Å². The fourth-order valence-corrected chi connectivity index (χ4v) is 4.52. The Morgan fingerprint density at radius 1 is 1.08 bits per heavy atom. The summed E-state index contributed by atoms with van der Waals surface area (Å²) in [5, 5.41) is 0. The minimum absolute atomic E-state index is 0.187. The second kappa shape index (κ2) is 7.56. The van der Waals surface area contributed by atoms with Gasteiger partial charge < -0.3 is 15.5 Å². The topological polar surface area (TPSA) is 49.6 Å². The van der Waals surface area contributed by atoms with Crippen molar-refractivity contribution >= 4 is 11.6 Å². The average molecular weight is 329 g/mol. The molecule has 2 atom stereocenters. The van der Waals surface area contributed by atoms with E-state index < -0.39 is 0 Å². The molecule has 1 amide bonds. The van der Waals surface area contributed by atoms with Gasteiger partial charge in [-0.3, -0.25) is 4.79 Å². The summed E-state index contributed by atoms with van der Waals surface area (Å²) < 4.78 is 0. The van der Waals surface area contributed by atoms with Crippen molar-refractivity contribution < 1.29 is 4.79 Å². The van der Waals surface area contributed by atoms with Gasteiger partial charge in [-0.25, -0.2) is 0 Å². The molecule has 2 N–H and O–H groups in total. The number of carbonyl (C=O) groups is 1. The average Bonchev–Trinajstić information content (AvgIpc) is 2.59. The van der Waals surface area contributed by atoms with Gasteiger partial charge in [-0.05, 0) is 49.7 Å². The van der Waals surface area contributed by atoms with E-state index in [1.165, 1.54) is 24.9 Å². The van der Waals surface area contributed by atoms with E-state index in [-0.39, 0.29) is 5.92 Å². The summed E-state index contributed by atoms with van der Waals surface area (Å²) in [7, 11) is 4.03. The number of anilines is 1. The Labute approximate surface area is 146 Å². The maximum absolute atomic E-state index is 12.9. The monoisotopic (exact) mass is 329 g/mol. The summed E-state index contributed by atoms with van der Waals surface area (Å²) in [6, 6.07) is 10.7. The van der Waals surface area contributed by atoms with Crippen molar-refractivity contribution in [2.45, 2.75) is 38.1 Å². The van der Waals surface area contributed by atoms with E-state index >= 15 is 0 Å². The van der Waals surface area contributed by atoms with Crippen molar-refractivity contribution in [3.8, 4) is 0 Å². The molecule has 0 heterocycles. The third-order valence-electron chi connectivity index (χ3n) is 6.11. The molecule has 0 aliphatic heterocycles. The van der Waals surface area contributed by atoms with E-state index in [1.807, 2.05) is 30.1 Å². The zero-order chi connectivity index (χ0) is 17.1. The fourth-order valence-electron chi connectivity index (χ4n) is 4.52. The van der Waals surface area contributed by atoms with E-state index in [0.29, 0.717) is 23.8 Å². The zero-order valence-electron chi connectivity index (χ0n) is 15.0. The first-order chi connectivity index (χ1) is 11.6. The summed E-state index contributed by atoms with van der Waals surface area (Å²) in [6.45, 7) is 1.62. The van der Waals surface area contributed by atoms with Crippen LogP contribution in [-0.2, 0) is 4.79 Å². The van der Waals surface area contributed by atoms with Gasteiger partial charge in [-0.1, -0.05) is 24.6 Å². The lowest BCUT2D eigenvalue weighted by Crippen LogP contribution is -2.49. The van der Waals surface area contributed by atoms with Crippen LogP contribution in [0.3, 0.4) is 0 Å². The Morgan fingerprint density at radius 2 is 1.71 bits per heavy atom. The Kier molecular flexibility index (Phi) is 5.44. The molecule has 0 aromatic heterocycles. The first-order valence-corrected chi connectivity index (χ1v) is 9.33. The highest BCUT2D eigenvalue weighted by Gasteiger charge is 2.41. The summed E-state index contributed by atoms with van der Waals surface area (Å²) in [6.07, 6.45) is 5.70. The van der Waals surface area contributed by atoms with Crippen LogP contribution in [0.1, 0.15) is 32.1 Å². The van der Waals surface area contributed by atoms with Crippen LogP contribution in [-0.4, -0.2) is 44.0 Å². The molecule has 0 saturated heterocycles. The Bertz CT molecular complexity index is 533. The highest BCUT2D eigenvalue weighted by molar-refractivity contribution is 5.78. The molecule has 2 aliphatic carbocycles. The van der Waals surface area contributed by atoms with Crippen molar-refractivity contribution in [2.75, 3.05) is 32.1 Å². The Hall–Kier alpha value is -1.55. The molecular weight excluding hydrogens is 298 g/mol. The number of hydrogen-bond acceptors (Lipinski definition) is 3. The highest BCUT2D eigenvalue weighted by atomic mass is 16.2. The molecule has 1 aromatic carbocycles. The van der Waals surface area contributed by atoms with E-state index in [0.717, 1.165) is 25.9 Å². The number of fused-ring (bicyclic) bond motifs is 2. The third-order valence-corrected chi connectivity index (χ3v) is 6.11. The molecule has 4 heteroatoms. The lowest BCUT2D eigenvalue weighted by atomic mass is 9.65. The Morgan fingerprint density at radius 3 is 2.33 bits per heavy atom. The minimum atomic E-state index is 0.187. The van der Waals surface area contributed by atoms with Crippen molar-refractivity contribution in [2.24, 2.45) is 23.5 Å². The first-order valence-electron chi connectivity index (χ1n) is 9.33. The smallest absolute Gasteiger partial charge is 0.225 e. The van der Waals surface area contributed by atoms with Crippen LogP contribution >= 0.6 is 0 Å². The zero-order valence-corrected chi connectivity index (χ0v) is 15.0. The minimum Gasteiger partial charge on any atom is -0.373 e. The van der Waals surface area contributed by atoms with Crippen LogP contribution in [0.5, 0.6) is 0 Å². The van der Waals surface area contributed by atoms with Crippen LogP contribution < -0.4 is 10.6 Å². The van der Waals surface area contributed by atoms with Gasteiger partial charge in [0.2, 0.25) is 5.91 Å². The lowest BCUT2D eigenvalue weighted by Gasteiger charge is -2.44.